The highest BCUT2D eigenvalue weighted by atomic mass is 19.1. The molecule has 4 heterocycles. The summed E-state index contributed by atoms with van der Waals surface area (Å²) < 4.78 is 14.0. The van der Waals surface area contributed by atoms with Gasteiger partial charge in [-0.1, -0.05) is 42.5 Å². The van der Waals surface area contributed by atoms with E-state index in [4.69, 9.17) is 0 Å². The number of amides is 1. The lowest BCUT2D eigenvalue weighted by Crippen LogP contribution is -2.14. The van der Waals surface area contributed by atoms with Crippen LogP contribution < -0.4 is 5.32 Å². The molecule has 0 aliphatic rings. The van der Waals surface area contributed by atoms with Crippen LogP contribution in [0.15, 0.2) is 104 Å². The molecule has 3 aromatic carbocycles. The molecular weight excluding hydrogens is 527 g/mol. The quantitative estimate of drug-likeness (QED) is 0.199. The zero-order valence-corrected chi connectivity index (χ0v) is 22.6. The van der Waals surface area contributed by atoms with Crippen LogP contribution in [0.25, 0.3) is 55.6 Å². The summed E-state index contributed by atoms with van der Waals surface area (Å²) in [7, 11) is 0. The molecule has 0 unspecified atom stereocenters. The van der Waals surface area contributed by atoms with Crippen LogP contribution >= 0.6 is 0 Å². The van der Waals surface area contributed by atoms with E-state index in [1.807, 2.05) is 61.5 Å². The molecule has 3 N–H and O–H groups in total. The molecule has 0 fully saturated rings. The van der Waals surface area contributed by atoms with Gasteiger partial charge in [0.2, 0.25) is 5.91 Å². The molecule has 0 atom stereocenters. The zero-order valence-electron chi connectivity index (χ0n) is 22.6. The van der Waals surface area contributed by atoms with E-state index < -0.39 is 0 Å². The Morgan fingerprint density at radius 2 is 1.71 bits per heavy atom. The van der Waals surface area contributed by atoms with Gasteiger partial charge in [-0.05, 0) is 66.1 Å². The van der Waals surface area contributed by atoms with Crippen LogP contribution in [0.4, 0.5) is 10.1 Å². The van der Waals surface area contributed by atoms with Crippen molar-refractivity contribution in [3.05, 3.63) is 120 Å². The Labute approximate surface area is 240 Å². The molecule has 0 saturated carbocycles. The number of nitrogens with zero attached hydrogens (tertiary/aromatic N) is 3. The Morgan fingerprint density at radius 1 is 0.857 bits per heavy atom. The summed E-state index contributed by atoms with van der Waals surface area (Å²) in [5.74, 6) is -0.409. The summed E-state index contributed by atoms with van der Waals surface area (Å²) in [5.41, 5.74) is 9.24. The molecule has 7 rings (SSSR count). The number of halogens is 1. The maximum atomic E-state index is 14.0. The number of pyridine rings is 2. The van der Waals surface area contributed by atoms with Crippen molar-refractivity contribution in [2.75, 3.05) is 5.32 Å². The van der Waals surface area contributed by atoms with Gasteiger partial charge in [0.1, 0.15) is 11.5 Å². The minimum absolute atomic E-state index is 0.102. The topological polar surface area (TPSA) is 99.3 Å². The number of benzene rings is 3. The number of hydrogen-bond acceptors (Lipinski definition) is 4. The molecule has 204 valence electrons. The molecule has 0 aliphatic carbocycles. The number of aromatic nitrogens is 5. The van der Waals surface area contributed by atoms with Crippen LogP contribution in [-0.4, -0.2) is 31.1 Å². The van der Waals surface area contributed by atoms with Gasteiger partial charge in [-0.2, -0.15) is 5.10 Å². The van der Waals surface area contributed by atoms with Crippen LogP contribution in [0.1, 0.15) is 11.1 Å². The number of H-pyrrole nitrogens is 2. The molecule has 4 aromatic heterocycles. The first kappa shape index (κ1) is 25.3. The van der Waals surface area contributed by atoms with E-state index in [1.54, 1.807) is 24.7 Å². The van der Waals surface area contributed by atoms with Crippen molar-refractivity contribution in [2.45, 2.75) is 13.3 Å². The molecule has 0 aliphatic heterocycles. The van der Waals surface area contributed by atoms with E-state index in [9.17, 15) is 9.18 Å². The summed E-state index contributed by atoms with van der Waals surface area (Å²) >= 11 is 0. The highest BCUT2D eigenvalue weighted by Crippen LogP contribution is 2.36. The van der Waals surface area contributed by atoms with Crippen molar-refractivity contribution in [1.29, 1.82) is 0 Å². The van der Waals surface area contributed by atoms with Crippen molar-refractivity contribution in [2.24, 2.45) is 0 Å². The van der Waals surface area contributed by atoms with Gasteiger partial charge >= 0.3 is 0 Å². The summed E-state index contributed by atoms with van der Waals surface area (Å²) in [6.07, 6.45) is 5.44. The summed E-state index contributed by atoms with van der Waals surface area (Å²) in [4.78, 5) is 25.1. The molecule has 7 nitrogen and oxygen atoms in total. The molecule has 1 amide bonds. The molecule has 0 radical (unpaired) electrons. The third-order valence-corrected chi connectivity index (χ3v) is 7.35. The van der Waals surface area contributed by atoms with Crippen LogP contribution in [0.3, 0.4) is 0 Å². The number of carbonyl (C=O) groups is 1. The third kappa shape index (κ3) is 4.79. The van der Waals surface area contributed by atoms with Crippen molar-refractivity contribution < 1.29 is 9.18 Å². The Bertz CT molecular complexity index is 2100. The second-order valence-electron chi connectivity index (χ2n) is 10.3. The summed E-state index contributed by atoms with van der Waals surface area (Å²) in [6.45, 7) is 2.04. The van der Waals surface area contributed by atoms with Crippen LogP contribution in [0.5, 0.6) is 0 Å². The molecule has 0 spiro atoms. The van der Waals surface area contributed by atoms with Crippen molar-refractivity contribution in [3.63, 3.8) is 0 Å². The van der Waals surface area contributed by atoms with E-state index in [1.165, 1.54) is 12.1 Å². The van der Waals surface area contributed by atoms with Gasteiger partial charge in [0.15, 0.2) is 0 Å². The average molecular weight is 553 g/mol. The van der Waals surface area contributed by atoms with Crippen molar-refractivity contribution in [1.82, 2.24) is 25.1 Å². The summed E-state index contributed by atoms with van der Waals surface area (Å²) in [5, 5.41) is 12.6. The van der Waals surface area contributed by atoms with Crippen molar-refractivity contribution in [3.8, 4) is 33.8 Å². The second kappa shape index (κ2) is 10.4. The van der Waals surface area contributed by atoms with Crippen LogP contribution in [0, 0.1) is 12.7 Å². The van der Waals surface area contributed by atoms with Gasteiger partial charge in [0, 0.05) is 39.8 Å². The molecule has 8 heteroatoms. The fraction of sp³-hybridized carbons (Fsp3) is 0.0588. The van der Waals surface area contributed by atoms with E-state index >= 15 is 0 Å². The van der Waals surface area contributed by atoms with Gasteiger partial charge in [-0.3, -0.25) is 19.9 Å². The Kier molecular flexibility index (Phi) is 6.28. The SMILES string of the molecule is Cc1cc2[nH]nc(-c3cc4c(-c5cccc(F)c5)nccc4[nH]3)c2cc1-c1cncc(NC(=O)Cc2ccccc2)c1. The first-order valence-electron chi connectivity index (χ1n) is 13.5. The minimum Gasteiger partial charge on any atom is -0.353 e. The van der Waals surface area contributed by atoms with E-state index in [0.717, 1.165) is 55.4 Å². The largest absolute Gasteiger partial charge is 0.353 e. The molecular formula is C34H25FN6O. The van der Waals surface area contributed by atoms with Gasteiger partial charge in [0.05, 0.1) is 35.2 Å². The number of carbonyl (C=O) groups excluding carboxylic acids is 1. The maximum absolute atomic E-state index is 14.0. The average Bonchev–Trinajstić information content (AvgIpc) is 3.61. The normalized spacial score (nSPS) is 11.3. The Hall–Kier alpha value is -5.63. The van der Waals surface area contributed by atoms with Crippen LogP contribution in [-0.2, 0) is 11.2 Å². The van der Waals surface area contributed by atoms with Gasteiger partial charge in [-0.25, -0.2) is 4.39 Å². The monoisotopic (exact) mass is 552 g/mol. The first-order valence-corrected chi connectivity index (χ1v) is 13.5. The number of hydrogen-bond donors (Lipinski definition) is 3. The molecule has 0 saturated heterocycles. The number of anilines is 1. The fourth-order valence-electron chi connectivity index (χ4n) is 5.38. The minimum atomic E-state index is -0.308. The molecule has 0 bridgehead atoms. The second-order valence-corrected chi connectivity index (χ2v) is 10.3. The number of nitrogens with one attached hydrogen (secondary N) is 3. The van der Waals surface area contributed by atoms with E-state index in [-0.39, 0.29) is 18.1 Å². The van der Waals surface area contributed by atoms with Gasteiger partial charge in [0.25, 0.3) is 0 Å². The lowest BCUT2D eigenvalue weighted by Gasteiger charge is -2.10. The van der Waals surface area contributed by atoms with Gasteiger partial charge < -0.3 is 10.3 Å². The molecule has 42 heavy (non-hydrogen) atoms. The highest BCUT2D eigenvalue weighted by molar-refractivity contribution is 6.01. The van der Waals surface area contributed by atoms with E-state index in [2.05, 4.69) is 42.6 Å². The molecule has 7 aromatic rings. The zero-order chi connectivity index (χ0) is 28.6. The van der Waals surface area contributed by atoms with Gasteiger partial charge in [-0.15, -0.1) is 0 Å². The predicted octanol–water partition coefficient (Wildman–Crippen LogP) is 7.46. The van der Waals surface area contributed by atoms with Crippen LogP contribution in [0.2, 0.25) is 0 Å². The predicted molar refractivity (Wildman–Crippen MR) is 163 cm³/mol. The third-order valence-electron chi connectivity index (χ3n) is 7.35. The Morgan fingerprint density at radius 3 is 2.57 bits per heavy atom. The van der Waals surface area contributed by atoms with Crippen molar-refractivity contribution >= 4 is 33.4 Å². The number of aromatic amines is 2. The lowest BCUT2D eigenvalue weighted by atomic mass is 9.98. The Balaban J connectivity index is 1.24. The van der Waals surface area contributed by atoms with E-state index in [0.29, 0.717) is 16.9 Å². The first-order chi connectivity index (χ1) is 20.5. The summed E-state index contributed by atoms with van der Waals surface area (Å²) in [6, 6.07) is 26.1. The maximum Gasteiger partial charge on any atom is 0.228 e. The number of fused-ring (bicyclic) bond motifs is 2. The highest BCUT2D eigenvalue weighted by Gasteiger charge is 2.17. The number of aryl methyl sites for hydroxylation is 1. The standard InChI is InChI=1S/C34H25FN6O/c1-20-12-30-27(16-26(20)23-15-25(19-36-18-23)38-32(42)13-21-6-3-2-4-7-21)34(41-40-30)31-17-28-29(39-31)10-11-37-33(28)22-8-5-9-24(35)14-22/h2-12,14-19,39H,13H2,1H3,(H,38,42)(H,40,41). The number of rotatable bonds is 6. The smallest absolute Gasteiger partial charge is 0.228 e. The lowest BCUT2D eigenvalue weighted by molar-refractivity contribution is -0.115. The fourth-order valence-corrected chi connectivity index (χ4v) is 5.38.